The van der Waals surface area contributed by atoms with Crippen LogP contribution in [0, 0.1) is 6.92 Å². The second-order valence-electron chi connectivity index (χ2n) is 9.79. The van der Waals surface area contributed by atoms with E-state index >= 15 is 0 Å². The minimum absolute atomic E-state index is 0.147. The van der Waals surface area contributed by atoms with Crippen molar-refractivity contribution < 1.29 is 14.3 Å². The fourth-order valence-corrected chi connectivity index (χ4v) is 4.23. The molecule has 1 aromatic heterocycles. The van der Waals surface area contributed by atoms with Crippen LogP contribution in [0.25, 0.3) is 5.69 Å². The average molecular weight is 496 g/mol. The molecule has 5 rings (SSSR count). The number of rotatable bonds is 5. The first kappa shape index (κ1) is 24.2. The summed E-state index contributed by atoms with van der Waals surface area (Å²) in [6.45, 7) is 8.04. The minimum Gasteiger partial charge on any atom is -0.488 e. The number of carbonyl (C=O) groups is 1. The zero-order valence-corrected chi connectivity index (χ0v) is 21.3. The van der Waals surface area contributed by atoms with Gasteiger partial charge in [0, 0.05) is 11.1 Å². The summed E-state index contributed by atoms with van der Waals surface area (Å²) in [6, 6.07) is 25.3. The quantitative estimate of drug-likeness (QED) is 0.393. The summed E-state index contributed by atoms with van der Waals surface area (Å²) in [5, 5.41) is 11.6. The maximum absolute atomic E-state index is 12.9. The van der Waals surface area contributed by atoms with Crippen molar-refractivity contribution in [2.24, 2.45) is 4.99 Å². The van der Waals surface area contributed by atoms with Gasteiger partial charge in [-0.05, 0) is 51.5 Å². The van der Waals surface area contributed by atoms with Crippen LogP contribution in [0.2, 0.25) is 0 Å². The smallest absolute Gasteiger partial charge is 0.409 e. The second kappa shape index (κ2) is 9.89. The second-order valence-corrected chi connectivity index (χ2v) is 9.79. The Kier molecular flexibility index (Phi) is 6.48. The molecule has 0 unspecified atom stereocenters. The molecule has 0 saturated carbocycles. The number of alkyl carbamates (subject to hydrolysis) is 1. The molecule has 3 aromatic carbocycles. The third kappa shape index (κ3) is 5.38. The predicted octanol–water partition coefficient (Wildman–Crippen LogP) is 5.53. The highest BCUT2D eigenvalue weighted by molar-refractivity contribution is 6.15. The first-order valence-corrected chi connectivity index (χ1v) is 12.1. The number of nitrogens with zero attached hydrogens (tertiary/aromatic N) is 4. The van der Waals surface area contributed by atoms with Crippen LogP contribution in [0.4, 0.5) is 4.79 Å². The zero-order valence-electron chi connectivity index (χ0n) is 21.3. The van der Waals surface area contributed by atoms with Crippen LogP contribution < -0.4 is 10.1 Å². The van der Waals surface area contributed by atoms with Crippen molar-refractivity contribution in [2.45, 2.75) is 46.1 Å². The average Bonchev–Trinajstić information content (AvgIpc) is 3.20. The van der Waals surface area contributed by atoms with Crippen LogP contribution in [0.15, 0.2) is 83.9 Å². The molecule has 1 atom stereocenters. The molecule has 2 heterocycles. The molecule has 0 spiro atoms. The SMILES string of the molecule is Cc1nnc2n1-c1ccc(OC(C)(C)C)cc1C(c1ccccc1)=N[C@H]2NC(=O)OCc1ccccc1. The molecule has 0 aliphatic carbocycles. The van der Waals surface area contributed by atoms with Gasteiger partial charge in [-0.3, -0.25) is 14.9 Å². The van der Waals surface area contributed by atoms with Gasteiger partial charge in [0.2, 0.25) is 0 Å². The molecule has 8 heteroatoms. The molecule has 8 nitrogen and oxygen atoms in total. The molecule has 1 aliphatic heterocycles. The molecule has 0 fully saturated rings. The molecular formula is C29H29N5O3. The third-order valence-corrected chi connectivity index (χ3v) is 5.76. The van der Waals surface area contributed by atoms with E-state index in [9.17, 15) is 4.79 Å². The number of hydrogen-bond acceptors (Lipinski definition) is 6. The van der Waals surface area contributed by atoms with Crippen LogP contribution >= 0.6 is 0 Å². The van der Waals surface area contributed by atoms with E-state index in [-0.39, 0.29) is 12.2 Å². The monoisotopic (exact) mass is 495 g/mol. The molecule has 0 bridgehead atoms. The number of carbonyl (C=O) groups excluding carboxylic acids is 1. The Hall–Kier alpha value is -4.46. The van der Waals surface area contributed by atoms with Gasteiger partial charge in [0.15, 0.2) is 12.0 Å². The lowest BCUT2D eigenvalue weighted by atomic mass is 10.00. The van der Waals surface area contributed by atoms with Crippen LogP contribution in [-0.4, -0.2) is 32.2 Å². The van der Waals surface area contributed by atoms with Gasteiger partial charge in [-0.2, -0.15) is 0 Å². The number of fused-ring (bicyclic) bond motifs is 3. The Bertz CT molecular complexity index is 1440. The maximum Gasteiger partial charge on any atom is 0.409 e. The molecule has 1 aliphatic rings. The molecule has 0 saturated heterocycles. The van der Waals surface area contributed by atoms with E-state index < -0.39 is 12.3 Å². The summed E-state index contributed by atoms with van der Waals surface area (Å²) in [6.07, 6.45) is -1.42. The number of nitrogens with one attached hydrogen (secondary N) is 1. The van der Waals surface area contributed by atoms with E-state index in [1.165, 1.54) is 0 Å². The zero-order chi connectivity index (χ0) is 26.0. The number of aromatic nitrogens is 3. The van der Waals surface area contributed by atoms with Crippen molar-refractivity contribution in [1.82, 2.24) is 20.1 Å². The molecule has 0 radical (unpaired) electrons. The van der Waals surface area contributed by atoms with Crippen LogP contribution in [0.5, 0.6) is 5.75 Å². The lowest BCUT2D eigenvalue weighted by molar-refractivity contribution is 0.131. The normalized spacial score (nSPS) is 14.6. The highest BCUT2D eigenvalue weighted by atomic mass is 16.5. The maximum atomic E-state index is 12.9. The summed E-state index contributed by atoms with van der Waals surface area (Å²) in [5.74, 6) is 1.89. The number of hydrogen-bond donors (Lipinski definition) is 1. The van der Waals surface area contributed by atoms with E-state index in [4.69, 9.17) is 14.5 Å². The summed E-state index contributed by atoms with van der Waals surface area (Å²) < 4.78 is 13.6. The van der Waals surface area contributed by atoms with E-state index in [2.05, 4.69) is 15.5 Å². The van der Waals surface area contributed by atoms with Gasteiger partial charge < -0.3 is 9.47 Å². The van der Waals surface area contributed by atoms with Gasteiger partial charge in [-0.25, -0.2) is 4.79 Å². The topological polar surface area (TPSA) is 90.6 Å². The van der Waals surface area contributed by atoms with Gasteiger partial charge in [-0.15, -0.1) is 10.2 Å². The van der Waals surface area contributed by atoms with Crippen molar-refractivity contribution >= 4 is 11.8 Å². The first-order valence-electron chi connectivity index (χ1n) is 12.1. The third-order valence-electron chi connectivity index (χ3n) is 5.76. The van der Waals surface area contributed by atoms with E-state index in [1.54, 1.807) is 0 Å². The molecular weight excluding hydrogens is 466 g/mol. The highest BCUT2D eigenvalue weighted by Gasteiger charge is 2.30. The number of aliphatic imine (C=N–C) groups is 1. The van der Waals surface area contributed by atoms with Crippen LogP contribution in [0.3, 0.4) is 0 Å². The van der Waals surface area contributed by atoms with Gasteiger partial charge in [-0.1, -0.05) is 60.7 Å². The number of benzene rings is 3. The predicted molar refractivity (Wildman–Crippen MR) is 141 cm³/mol. The van der Waals surface area contributed by atoms with Crippen LogP contribution in [0.1, 0.15) is 55.3 Å². The Morgan fingerprint density at radius 2 is 1.68 bits per heavy atom. The van der Waals surface area contributed by atoms with Crippen molar-refractivity contribution in [1.29, 1.82) is 0 Å². The fourth-order valence-electron chi connectivity index (χ4n) is 4.23. The molecule has 188 valence electrons. The van der Waals surface area contributed by atoms with Gasteiger partial charge in [0.05, 0.1) is 11.4 Å². The largest absolute Gasteiger partial charge is 0.488 e. The van der Waals surface area contributed by atoms with Gasteiger partial charge >= 0.3 is 6.09 Å². The van der Waals surface area contributed by atoms with Crippen molar-refractivity contribution in [2.75, 3.05) is 0 Å². The van der Waals surface area contributed by atoms with Gasteiger partial charge in [0.1, 0.15) is 23.8 Å². The lowest BCUT2D eigenvalue weighted by Crippen LogP contribution is -2.30. The van der Waals surface area contributed by atoms with Crippen molar-refractivity contribution in [3.63, 3.8) is 0 Å². The van der Waals surface area contributed by atoms with E-state index in [1.807, 2.05) is 111 Å². The van der Waals surface area contributed by atoms with Crippen LogP contribution in [-0.2, 0) is 11.3 Å². The number of amides is 1. The summed E-state index contributed by atoms with van der Waals surface area (Å²) in [5.41, 5.74) is 3.82. The van der Waals surface area contributed by atoms with E-state index in [0.717, 1.165) is 28.1 Å². The summed E-state index contributed by atoms with van der Waals surface area (Å²) in [4.78, 5) is 17.9. The van der Waals surface area contributed by atoms with Crippen molar-refractivity contribution in [3.8, 4) is 11.4 Å². The Morgan fingerprint density at radius 3 is 2.38 bits per heavy atom. The molecule has 1 amide bonds. The number of ether oxygens (including phenoxy) is 2. The highest BCUT2D eigenvalue weighted by Crippen LogP contribution is 2.33. The Labute approximate surface area is 216 Å². The molecule has 37 heavy (non-hydrogen) atoms. The Balaban J connectivity index is 1.57. The lowest BCUT2D eigenvalue weighted by Gasteiger charge is -2.22. The van der Waals surface area contributed by atoms with E-state index in [0.29, 0.717) is 17.4 Å². The fraction of sp³-hybridized carbons (Fsp3) is 0.241. The Morgan fingerprint density at radius 1 is 0.973 bits per heavy atom. The number of aryl methyl sites for hydroxylation is 1. The first-order chi connectivity index (χ1) is 17.8. The van der Waals surface area contributed by atoms with Gasteiger partial charge in [0.25, 0.3) is 0 Å². The minimum atomic E-state index is -0.820. The van der Waals surface area contributed by atoms with Crippen molar-refractivity contribution in [3.05, 3.63) is 107 Å². The summed E-state index contributed by atoms with van der Waals surface area (Å²) >= 11 is 0. The standard InChI is InChI=1S/C29H29N5O3/c1-19-32-33-27-26(31-28(35)36-18-20-11-7-5-8-12-20)30-25(21-13-9-6-10-14-21)23-17-22(37-29(2,3)4)15-16-24(23)34(19)27/h5-17,26H,18H2,1-4H3,(H,31,35)/t26-/m0/s1. The molecule has 4 aromatic rings. The summed E-state index contributed by atoms with van der Waals surface area (Å²) in [7, 11) is 0. The molecule has 1 N–H and O–H groups in total.